The Morgan fingerprint density at radius 3 is 2.47 bits per heavy atom. The highest BCUT2D eigenvalue weighted by molar-refractivity contribution is 5.52. The van der Waals surface area contributed by atoms with Gasteiger partial charge in [0.2, 0.25) is 0 Å². The smallest absolute Gasteiger partial charge is 0.129 e. The molecule has 0 fully saturated rings. The van der Waals surface area contributed by atoms with Crippen molar-refractivity contribution in [3.63, 3.8) is 0 Å². The molecule has 0 saturated carbocycles. The second kappa shape index (κ2) is 4.02. The van der Waals surface area contributed by atoms with Crippen LogP contribution in [0.15, 0.2) is 12.1 Å². The van der Waals surface area contributed by atoms with Crippen molar-refractivity contribution in [1.82, 2.24) is 0 Å². The summed E-state index contributed by atoms with van der Waals surface area (Å²) in [6.45, 7) is 10.6. The maximum Gasteiger partial charge on any atom is 0.129 e. The number of aryl methyl sites for hydroxylation is 1. The molecule has 0 radical (unpaired) electrons. The van der Waals surface area contributed by atoms with E-state index < -0.39 is 6.10 Å². The van der Waals surface area contributed by atoms with E-state index in [1.807, 2.05) is 13.8 Å². The van der Waals surface area contributed by atoms with Crippen molar-refractivity contribution < 1.29 is 9.84 Å². The summed E-state index contributed by atoms with van der Waals surface area (Å²) >= 11 is 0. The zero-order valence-corrected chi connectivity index (χ0v) is 11.4. The molecule has 2 heteroatoms. The van der Waals surface area contributed by atoms with E-state index in [9.17, 15) is 5.11 Å². The highest BCUT2D eigenvalue weighted by Crippen LogP contribution is 2.45. The fraction of sp³-hybridized carbons (Fsp3) is 0.600. The first-order chi connectivity index (χ1) is 7.86. The highest BCUT2D eigenvalue weighted by atomic mass is 16.5. The molecule has 1 heterocycles. The predicted octanol–water partition coefficient (Wildman–Crippen LogP) is 3.50. The van der Waals surface area contributed by atoms with Crippen molar-refractivity contribution in [3.8, 4) is 5.75 Å². The minimum Gasteiger partial charge on any atom is -0.487 e. The number of benzene rings is 1. The van der Waals surface area contributed by atoms with Gasteiger partial charge in [0.25, 0.3) is 0 Å². The fourth-order valence-electron chi connectivity index (χ4n) is 2.49. The molecular formula is C15H22O2. The van der Waals surface area contributed by atoms with Crippen LogP contribution in [0.25, 0.3) is 0 Å². The van der Waals surface area contributed by atoms with Gasteiger partial charge >= 0.3 is 0 Å². The number of hydrogen-bond donors (Lipinski definition) is 1. The lowest BCUT2D eigenvalue weighted by atomic mass is 9.84. The van der Waals surface area contributed by atoms with Crippen LogP contribution in [-0.2, 0) is 5.41 Å². The molecule has 0 spiro atoms. The molecule has 2 nitrogen and oxygen atoms in total. The van der Waals surface area contributed by atoms with Gasteiger partial charge in [0.05, 0.1) is 0 Å². The molecule has 2 atom stereocenters. The molecular weight excluding hydrogens is 212 g/mol. The molecule has 1 aromatic carbocycles. The molecule has 2 rings (SSSR count). The van der Waals surface area contributed by atoms with Gasteiger partial charge in [0, 0.05) is 5.56 Å². The lowest BCUT2D eigenvalue weighted by Crippen LogP contribution is -2.17. The summed E-state index contributed by atoms with van der Waals surface area (Å²) in [7, 11) is 0. The van der Waals surface area contributed by atoms with E-state index in [-0.39, 0.29) is 11.5 Å². The van der Waals surface area contributed by atoms with Gasteiger partial charge in [-0.2, -0.15) is 0 Å². The van der Waals surface area contributed by atoms with E-state index in [1.54, 1.807) is 0 Å². The van der Waals surface area contributed by atoms with Crippen LogP contribution in [0.1, 0.15) is 56.9 Å². The average Bonchev–Trinajstić information content (AvgIpc) is 2.55. The van der Waals surface area contributed by atoms with Gasteiger partial charge in [-0.25, -0.2) is 0 Å². The normalized spacial score (nSPS) is 23.4. The second-order valence-corrected chi connectivity index (χ2v) is 5.93. The van der Waals surface area contributed by atoms with Gasteiger partial charge in [-0.3, -0.25) is 0 Å². The molecule has 1 aliphatic rings. The molecule has 2 unspecified atom stereocenters. The zero-order chi connectivity index (χ0) is 12.8. The number of ether oxygens (including phenoxy) is 1. The van der Waals surface area contributed by atoms with Crippen LogP contribution in [-0.4, -0.2) is 11.2 Å². The average molecular weight is 234 g/mol. The Morgan fingerprint density at radius 1 is 1.29 bits per heavy atom. The number of aliphatic hydroxyl groups is 1. The molecule has 17 heavy (non-hydrogen) atoms. The Morgan fingerprint density at radius 2 is 1.94 bits per heavy atom. The third-order valence-corrected chi connectivity index (χ3v) is 3.54. The molecule has 0 bridgehead atoms. The molecule has 1 aliphatic heterocycles. The van der Waals surface area contributed by atoms with E-state index in [1.165, 1.54) is 5.56 Å². The van der Waals surface area contributed by atoms with Crippen LogP contribution < -0.4 is 4.74 Å². The molecule has 94 valence electrons. The van der Waals surface area contributed by atoms with Crippen molar-refractivity contribution in [3.05, 3.63) is 28.8 Å². The fourth-order valence-corrected chi connectivity index (χ4v) is 2.49. The van der Waals surface area contributed by atoms with E-state index in [0.29, 0.717) is 0 Å². The monoisotopic (exact) mass is 234 g/mol. The highest BCUT2D eigenvalue weighted by Gasteiger charge is 2.36. The van der Waals surface area contributed by atoms with Crippen LogP contribution in [0.4, 0.5) is 0 Å². The Labute approximate surface area is 104 Å². The lowest BCUT2D eigenvalue weighted by Gasteiger charge is -2.22. The van der Waals surface area contributed by atoms with E-state index >= 15 is 0 Å². The van der Waals surface area contributed by atoms with Crippen molar-refractivity contribution in [2.24, 2.45) is 0 Å². The molecule has 0 aliphatic carbocycles. The summed E-state index contributed by atoms with van der Waals surface area (Å²) in [5.74, 6) is 0.914. The third kappa shape index (κ3) is 1.95. The quantitative estimate of drug-likeness (QED) is 0.806. The zero-order valence-electron chi connectivity index (χ0n) is 11.4. The van der Waals surface area contributed by atoms with Gasteiger partial charge in [-0.15, -0.1) is 0 Å². The lowest BCUT2D eigenvalue weighted by molar-refractivity contribution is 0.0645. The summed E-state index contributed by atoms with van der Waals surface area (Å²) in [5, 5.41) is 10.3. The SMILES string of the molecule is CCC1Oc2c(C(C)(C)C)ccc(C)c2C1O. The first-order valence-electron chi connectivity index (χ1n) is 6.35. The summed E-state index contributed by atoms with van der Waals surface area (Å²) in [6, 6.07) is 4.21. The van der Waals surface area contributed by atoms with Crippen molar-refractivity contribution >= 4 is 0 Å². The van der Waals surface area contributed by atoms with Gasteiger partial charge in [-0.1, -0.05) is 39.8 Å². The maximum atomic E-state index is 10.3. The first-order valence-corrected chi connectivity index (χ1v) is 6.35. The maximum absolute atomic E-state index is 10.3. The molecule has 0 amide bonds. The van der Waals surface area contributed by atoms with Gasteiger partial charge < -0.3 is 9.84 Å². The Hall–Kier alpha value is -1.02. The summed E-state index contributed by atoms with van der Waals surface area (Å²) < 4.78 is 5.96. The largest absolute Gasteiger partial charge is 0.487 e. The van der Waals surface area contributed by atoms with E-state index in [4.69, 9.17) is 4.74 Å². The predicted molar refractivity (Wildman–Crippen MR) is 69.5 cm³/mol. The Bertz CT molecular complexity index is 429. The number of fused-ring (bicyclic) bond motifs is 1. The summed E-state index contributed by atoms with van der Waals surface area (Å²) in [5.41, 5.74) is 3.34. The van der Waals surface area contributed by atoms with Gasteiger partial charge in [0.1, 0.15) is 18.0 Å². The van der Waals surface area contributed by atoms with Gasteiger partial charge in [0.15, 0.2) is 0 Å². The summed E-state index contributed by atoms with van der Waals surface area (Å²) in [6.07, 6.45) is 0.267. The summed E-state index contributed by atoms with van der Waals surface area (Å²) in [4.78, 5) is 0. The van der Waals surface area contributed by atoms with E-state index in [0.717, 1.165) is 23.3 Å². The third-order valence-electron chi connectivity index (χ3n) is 3.54. The molecule has 1 N–H and O–H groups in total. The van der Waals surface area contributed by atoms with Crippen LogP contribution in [0.5, 0.6) is 5.75 Å². The van der Waals surface area contributed by atoms with Crippen LogP contribution in [0.2, 0.25) is 0 Å². The van der Waals surface area contributed by atoms with Gasteiger partial charge in [-0.05, 0) is 29.9 Å². The standard InChI is InChI=1S/C15H22O2/c1-6-11-13(16)12-9(2)7-8-10(14(12)17-11)15(3,4)5/h7-8,11,13,16H,6H2,1-5H3. The van der Waals surface area contributed by atoms with E-state index in [2.05, 4.69) is 32.9 Å². The number of hydrogen-bond acceptors (Lipinski definition) is 2. The molecule has 0 saturated heterocycles. The second-order valence-electron chi connectivity index (χ2n) is 5.93. The number of rotatable bonds is 1. The van der Waals surface area contributed by atoms with Crippen LogP contribution >= 0.6 is 0 Å². The van der Waals surface area contributed by atoms with Crippen molar-refractivity contribution in [1.29, 1.82) is 0 Å². The first kappa shape index (κ1) is 12.4. The molecule has 1 aromatic rings. The molecule has 0 aromatic heterocycles. The Kier molecular flexibility index (Phi) is 2.94. The topological polar surface area (TPSA) is 29.5 Å². The number of aliphatic hydroxyl groups excluding tert-OH is 1. The minimum atomic E-state index is -0.475. The Balaban J connectivity index is 2.58. The minimum absolute atomic E-state index is 0.0418. The van der Waals surface area contributed by atoms with Crippen molar-refractivity contribution in [2.75, 3.05) is 0 Å². The van der Waals surface area contributed by atoms with Crippen molar-refractivity contribution in [2.45, 2.75) is 58.7 Å². The van der Waals surface area contributed by atoms with Crippen LogP contribution in [0, 0.1) is 6.92 Å². The van der Waals surface area contributed by atoms with Crippen LogP contribution in [0.3, 0.4) is 0 Å².